The van der Waals surface area contributed by atoms with Gasteiger partial charge < -0.3 is 15.2 Å². The number of halogens is 3. The number of carbonyl (C=O) groups excluding carboxylic acids is 1. The Morgan fingerprint density at radius 3 is 2.61 bits per heavy atom. The van der Waals surface area contributed by atoms with Crippen molar-refractivity contribution in [2.24, 2.45) is 0 Å². The molecule has 0 spiro atoms. The summed E-state index contributed by atoms with van der Waals surface area (Å²) in [6.07, 6.45) is -4.60. The molecule has 100 valence electrons. The van der Waals surface area contributed by atoms with Gasteiger partial charge >= 0.3 is 6.18 Å². The summed E-state index contributed by atoms with van der Waals surface area (Å²) in [6, 6.07) is 3.18. The average molecular weight is 263 g/mol. The Bertz CT molecular complexity index is 432. The van der Waals surface area contributed by atoms with E-state index in [1.165, 1.54) is 13.0 Å². The van der Waals surface area contributed by atoms with Crippen LogP contribution in [0.4, 0.5) is 18.9 Å². The third-order valence-electron chi connectivity index (χ3n) is 1.95. The lowest BCUT2D eigenvalue weighted by molar-refractivity contribution is -0.139. The van der Waals surface area contributed by atoms with Gasteiger partial charge in [0, 0.05) is 12.6 Å². The fraction of sp³-hybridized carbons (Fsp3) is 0.364. The summed E-state index contributed by atoms with van der Waals surface area (Å²) < 4.78 is 43.0. The number of hydrogen-bond acceptors (Lipinski definition) is 3. The molecular weight excluding hydrogens is 251 g/mol. The summed E-state index contributed by atoms with van der Waals surface area (Å²) in [5, 5.41) is 10.8. The Morgan fingerprint density at radius 1 is 1.44 bits per heavy atom. The number of anilines is 1. The van der Waals surface area contributed by atoms with Crippen molar-refractivity contribution in [3.63, 3.8) is 0 Å². The van der Waals surface area contributed by atoms with Crippen molar-refractivity contribution in [2.75, 3.05) is 18.5 Å². The van der Waals surface area contributed by atoms with Gasteiger partial charge in [-0.2, -0.15) is 13.2 Å². The van der Waals surface area contributed by atoms with E-state index in [0.717, 1.165) is 12.1 Å². The Morgan fingerprint density at radius 2 is 2.11 bits per heavy atom. The SMILES string of the molecule is CC(=O)Nc1ccc(OCCO)c(C(F)(F)F)c1. The highest BCUT2D eigenvalue weighted by molar-refractivity contribution is 5.88. The zero-order valence-corrected chi connectivity index (χ0v) is 9.54. The van der Waals surface area contributed by atoms with Crippen molar-refractivity contribution in [2.45, 2.75) is 13.1 Å². The van der Waals surface area contributed by atoms with Crippen molar-refractivity contribution < 1.29 is 27.8 Å². The van der Waals surface area contributed by atoms with Gasteiger partial charge in [-0.3, -0.25) is 4.79 Å². The van der Waals surface area contributed by atoms with E-state index < -0.39 is 17.6 Å². The zero-order valence-electron chi connectivity index (χ0n) is 9.54. The van der Waals surface area contributed by atoms with Gasteiger partial charge in [0.05, 0.1) is 12.2 Å². The fourth-order valence-electron chi connectivity index (χ4n) is 1.31. The Hall–Kier alpha value is -1.76. The second kappa shape index (κ2) is 5.72. The number of aliphatic hydroxyl groups excluding tert-OH is 1. The summed E-state index contributed by atoms with van der Waals surface area (Å²) in [7, 11) is 0. The summed E-state index contributed by atoms with van der Waals surface area (Å²) in [4.78, 5) is 10.8. The van der Waals surface area contributed by atoms with Crippen LogP contribution in [0.25, 0.3) is 0 Å². The lowest BCUT2D eigenvalue weighted by atomic mass is 10.1. The molecule has 0 heterocycles. The van der Waals surface area contributed by atoms with Gasteiger partial charge in [-0.15, -0.1) is 0 Å². The highest BCUT2D eigenvalue weighted by atomic mass is 19.4. The molecule has 1 aromatic rings. The summed E-state index contributed by atoms with van der Waals surface area (Å²) in [5.74, 6) is -0.849. The van der Waals surface area contributed by atoms with Gasteiger partial charge in [0.25, 0.3) is 0 Å². The van der Waals surface area contributed by atoms with E-state index in [-0.39, 0.29) is 24.7 Å². The molecule has 0 aromatic heterocycles. The first kappa shape index (κ1) is 14.3. The molecule has 1 rings (SSSR count). The second-order valence-corrected chi connectivity index (χ2v) is 3.46. The first-order chi connectivity index (χ1) is 8.34. The zero-order chi connectivity index (χ0) is 13.8. The number of hydrogen-bond donors (Lipinski definition) is 2. The number of benzene rings is 1. The Kier molecular flexibility index (Phi) is 4.55. The fourth-order valence-corrected chi connectivity index (χ4v) is 1.31. The second-order valence-electron chi connectivity index (χ2n) is 3.46. The van der Waals surface area contributed by atoms with Crippen LogP contribution in [0.15, 0.2) is 18.2 Å². The van der Waals surface area contributed by atoms with Gasteiger partial charge in [0.15, 0.2) is 0 Å². The maximum Gasteiger partial charge on any atom is 0.420 e. The van der Waals surface area contributed by atoms with Gasteiger partial charge in [-0.25, -0.2) is 0 Å². The van der Waals surface area contributed by atoms with Gasteiger partial charge in [-0.05, 0) is 18.2 Å². The van der Waals surface area contributed by atoms with E-state index in [4.69, 9.17) is 9.84 Å². The molecule has 0 aliphatic heterocycles. The van der Waals surface area contributed by atoms with Crippen LogP contribution in [-0.2, 0) is 11.0 Å². The number of nitrogens with one attached hydrogen (secondary N) is 1. The number of alkyl halides is 3. The number of aliphatic hydroxyl groups is 1. The van der Waals surface area contributed by atoms with E-state index >= 15 is 0 Å². The molecular formula is C11H12F3NO3. The molecule has 0 bridgehead atoms. The van der Waals surface area contributed by atoms with Crippen LogP contribution in [-0.4, -0.2) is 24.2 Å². The molecule has 0 aliphatic rings. The molecule has 1 aromatic carbocycles. The van der Waals surface area contributed by atoms with E-state index in [0.29, 0.717) is 0 Å². The van der Waals surface area contributed by atoms with Crippen molar-refractivity contribution in [1.82, 2.24) is 0 Å². The lowest BCUT2D eigenvalue weighted by Gasteiger charge is -2.15. The first-order valence-electron chi connectivity index (χ1n) is 5.07. The topological polar surface area (TPSA) is 58.6 Å². The quantitative estimate of drug-likeness (QED) is 0.873. The molecule has 0 aliphatic carbocycles. The molecule has 0 radical (unpaired) electrons. The molecule has 0 saturated heterocycles. The van der Waals surface area contributed by atoms with Crippen LogP contribution in [0, 0.1) is 0 Å². The van der Waals surface area contributed by atoms with E-state index in [9.17, 15) is 18.0 Å². The normalized spacial score (nSPS) is 11.2. The van der Waals surface area contributed by atoms with Gasteiger partial charge in [-0.1, -0.05) is 0 Å². The highest BCUT2D eigenvalue weighted by Gasteiger charge is 2.34. The molecule has 0 unspecified atom stereocenters. The minimum Gasteiger partial charge on any atom is -0.491 e. The van der Waals surface area contributed by atoms with Crippen LogP contribution in [0.5, 0.6) is 5.75 Å². The van der Waals surface area contributed by atoms with E-state index in [1.54, 1.807) is 0 Å². The number of ether oxygens (including phenoxy) is 1. The van der Waals surface area contributed by atoms with Crippen molar-refractivity contribution >= 4 is 11.6 Å². The van der Waals surface area contributed by atoms with Crippen molar-refractivity contribution in [3.8, 4) is 5.75 Å². The van der Waals surface area contributed by atoms with Gasteiger partial charge in [0.1, 0.15) is 12.4 Å². The predicted octanol–water partition coefficient (Wildman–Crippen LogP) is 2.03. The summed E-state index contributed by atoms with van der Waals surface area (Å²) in [5.41, 5.74) is -0.964. The molecule has 2 N–H and O–H groups in total. The molecule has 0 fully saturated rings. The maximum atomic E-state index is 12.7. The van der Waals surface area contributed by atoms with E-state index in [1.807, 2.05) is 0 Å². The molecule has 18 heavy (non-hydrogen) atoms. The van der Waals surface area contributed by atoms with Crippen LogP contribution in [0.1, 0.15) is 12.5 Å². The molecule has 1 amide bonds. The standard InChI is InChI=1S/C11H12F3NO3/c1-7(17)15-8-2-3-10(18-5-4-16)9(6-8)11(12,13)14/h2-3,6,16H,4-5H2,1H3,(H,15,17). The average Bonchev–Trinajstić information content (AvgIpc) is 2.25. The number of carbonyl (C=O) groups is 1. The lowest BCUT2D eigenvalue weighted by Crippen LogP contribution is -2.12. The first-order valence-corrected chi connectivity index (χ1v) is 5.07. The van der Waals surface area contributed by atoms with Crippen molar-refractivity contribution in [1.29, 1.82) is 0 Å². The van der Waals surface area contributed by atoms with Crippen molar-refractivity contribution in [3.05, 3.63) is 23.8 Å². The third kappa shape index (κ3) is 3.92. The smallest absolute Gasteiger partial charge is 0.420 e. The molecule has 0 atom stereocenters. The summed E-state index contributed by atoms with van der Waals surface area (Å²) >= 11 is 0. The largest absolute Gasteiger partial charge is 0.491 e. The van der Waals surface area contributed by atoms with Crippen LogP contribution < -0.4 is 10.1 Å². The molecule has 4 nitrogen and oxygen atoms in total. The number of rotatable bonds is 4. The minimum atomic E-state index is -4.60. The molecule has 7 heteroatoms. The highest BCUT2D eigenvalue weighted by Crippen LogP contribution is 2.37. The monoisotopic (exact) mass is 263 g/mol. The maximum absolute atomic E-state index is 12.7. The number of amides is 1. The van der Waals surface area contributed by atoms with Gasteiger partial charge in [0.2, 0.25) is 5.91 Å². The van der Waals surface area contributed by atoms with E-state index in [2.05, 4.69) is 5.32 Å². The Balaban J connectivity index is 3.08. The van der Waals surface area contributed by atoms with Crippen LogP contribution >= 0.6 is 0 Å². The van der Waals surface area contributed by atoms with Crippen LogP contribution in [0.3, 0.4) is 0 Å². The predicted molar refractivity (Wildman–Crippen MR) is 58.3 cm³/mol. The van der Waals surface area contributed by atoms with Crippen LogP contribution in [0.2, 0.25) is 0 Å². The summed E-state index contributed by atoms with van der Waals surface area (Å²) in [6.45, 7) is 0.580. The Labute approximate surface area is 101 Å². The minimum absolute atomic E-state index is 0.0335. The third-order valence-corrected chi connectivity index (χ3v) is 1.95. The molecule has 0 saturated carbocycles.